The minimum atomic E-state index is -0.446. The molecule has 0 aliphatic rings. The van der Waals surface area contributed by atoms with Crippen LogP contribution in [0.3, 0.4) is 0 Å². The minimum Gasteiger partial charge on any atom is -0.450 e. The van der Waals surface area contributed by atoms with Gasteiger partial charge in [0.05, 0.1) is 4.92 Å². The number of rotatable bonds is 4. The minimum absolute atomic E-state index is 0.0476. The lowest BCUT2D eigenvalue weighted by molar-refractivity contribution is -0.385. The van der Waals surface area contributed by atoms with E-state index in [1.54, 1.807) is 25.1 Å². The maximum atomic E-state index is 11.1. The van der Waals surface area contributed by atoms with Crippen molar-refractivity contribution in [1.82, 2.24) is 0 Å². The van der Waals surface area contributed by atoms with Gasteiger partial charge in [0, 0.05) is 18.2 Å². The molecular weight excluding hydrogens is 256 g/mol. The molecule has 5 nitrogen and oxygen atoms in total. The van der Waals surface area contributed by atoms with Gasteiger partial charge in [0.15, 0.2) is 0 Å². The molecule has 0 spiro atoms. The first kappa shape index (κ1) is 14.0. The van der Waals surface area contributed by atoms with Crippen LogP contribution in [0.25, 0.3) is 0 Å². The predicted octanol–water partition coefficient (Wildman–Crippen LogP) is 3.46. The molecule has 2 aromatic carbocycles. The molecule has 2 rings (SSSR count). The Morgan fingerprint density at radius 2 is 2.00 bits per heavy atom. The molecule has 0 fully saturated rings. The number of nitrogens with zero attached hydrogens (tertiary/aromatic N) is 1. The molecule has 0 bridgehead atoms. The normalized spacial score (nSPS) is 10.3. The van der Waals surface area contributed by atoms with Crippen LogP contribution in [0.2, 0.25) is 0 Å². The second-order valence-corrected chi connectivity index (χ2v) is 4.60. The number of ether oxygens (including phenoxy) is 1. The van der Waals surface area contributed by atoms with Crippen molar-refractivity contribution in [1.29, 1.82) is 0 Å². The summed E-state index contributed by atoms with van der Waals surface area (Å²) in [4.78, 5) is 10.6. The van der Waals surface area contributed by atoms with E-state index in [1.165, 1.54) is 6.07 Å². The number of nitrogens with two attached hydrogens (primary N) is 1. The number of para-hydroxylation sites is 1. The summed E-state index contributed by atoms with van der Waals surface area (Å²) in [5.41, 5.74) is 8.25. The van der Waals surface area contributed by atoms with Gasteiger partial charge in [-0.25, -0.2) is 0 Å². The van der Waals surface area contributed by atoms with Gasteiger partial charge >= 0.3 is 5.69 Å². The standard InChI is InChI=1S/C15H16N2O3/c1-10-6-7-14(12(8-10)9-16)20-15-11(2)4-3-5-13(15)17(18)19/h3-8H,9,16H2,1-2H3. The molecule has 0 aliphatic carbocycles. The largest absolute Gasteiger partial charge is 0.450 e. The van der Waals surface area contributed by atoms with Crippen molar-refractivity contribution in [2.45, 2.75) is 20.4 Å². The maximum absolute atomic E-state index is 11.1. The van der Waals surface area contributed by atoms with Crippen LogP contribution in [0.1, 0.15) is 16.7 Å². The Morgan fingerprint density at radius 3 is 2.65 bits per heavy atom. The third kappa shape index (κ3) is 2.78. The van der Waals surface area contributed by atoms with E-state index in [1.807, 2.05) is 19.1 Å². The SMILES string of the molecule is Cc1ccc(Oc2c(C)cccc2[N+](=O)[O-])c(CN)c1. The Labute approximate surface area is 117 Å². The highest BCUT2D eigenvalue weighted by molar-refractivity contribution is 5.54. The van der Waals surface area contributed by atoms with E-state index in [2.05, 4.69) is 0 Å². The molecule has 104 valence electrons. The number of nitro groups is 1. The van der Waals surface area contributed by atoms with Gasteiger partial charge in [-0.3, -0.25) is 10.1 Å². The molecule has 0 amide bonds. The number of nitro benzene ring substituents is 1. The summed E-state index contributed by atoms with van der Waals surface area (Å²) in [5.74, 6) is 0.812. The number of benzene rings is 2. The van der Waals surface area contributed by atoms with Gasteiger partial charge in [-0.2, -0.15) is 0 Å². The second-order valence-electron chi connectivity index (χ2n) is 4.60. The molecule has 2 N–H and O–H groups in total. The maximum Gasteiger partial charge on any atom is 0.311 e. The van der Waals surface area contributed by atoms with E-state index in [0.29, 0.717) is 17.9 Å². The monoisotopic (exact) mass is 272 g/mol. The summed E-state index contributed by atoms with van der Waals surface area (Å²) in [6.45, 7) is 4.05. The van der Waals surface area contributed by atoms with Crippen LogP contribution >= 0.6 is 0 Å². The fraction of sp³-hybridized carbons (Fsp3) is 0.200. The highest BCUT2D eigenvalue weighted by Crippen LogP contribution is 2.35. The molecule has 0 saturated carbocycles. The predicted molar refractivity (Wildman–Crippen MR) is 77.0 cm³/mol. The van der Waals surface area contributed by atoms with Crippen LogP contribution in [0.5, 0.6) is 11.5 Å². The van der Waals surface area contributed by atoms with Gasteiger partial charge in [0.2, 0.25) is 5.75 Å². The van der Waals surface area contributed by atoms with Crippen LogP contribution in [0.4, 0.5) is 5.69 Å². The molecule has 0 heterocycles. The van der Waals surface area contributed by atoms with Crippen LogP contribution in [0, 0.1) is 24.0 Å². The number of hydrogen-bond acceptors (Lipinski definition) is 4. The van der Waals surface area contributed by atoms with Crippen molar-refractivity contribution >= 4 is 5.69 Å². The second kappa shape index (κ2) is 5.71. The zero-order chi connectivity index (χ0) is 14.7. The topological polar surface area (TPSA) is 78.4 Å². The van der Waals surface area contributed by atoms with Crippen LogP contribution in [-0.2, 0) is 6.54 Å². The van der Waals surface area contributed by atoms with Crippen LogP contribution in [0.15, 0.2) is 36.4 Å². The highest BCUT2D eigenvalue weighted by Gasteiger charge is 2.18. The van der Waals surface area contributed by atoms with Crippen molar-refractivity contribution in [2.75, 3.05) is 0 Å². The van der Waals surface area contributed by atoms with Gasteiger partial charge in [-0.1, -0.05) is 29.8 Å². The van der Waals surface area contributed by atoms with E-state index >= 15 is 0 Å². The average Bonchev–Trinajstić information content (AvgIpc) is 2.42. The zero-order valence-electron chi connectivity index (χ0n) is 11.4. The summed E-state index contributed by atoms with van der Waals surface area (Å²) in [6.07, 6.45) is 0. The van der Waals surface area contributed by atoms with Gasteiger partial charge in [-0.15, -0.1) is 0 Å². The first-order valence-corrected chi connectivity index (χ1v) is 6.24. The Bertz CT molecular complexity index is 654. The van der Waals surface area contributed by atoms with E-state index in [0.717, 1.165) is 11.1 Å². The van der Waals surface area contributed by atoms with Crippen molar-refractivity contribution in [2.24, 2.45) is 5.73 Å². The van der Waals surface area contributed by atoms with Crippen molar-refractivity contribution in [3.05, 3.63) is 63.2 Å². The molecule has 5 heteroatoms. The van der Waals surface area contributed by atoms with Crippen molar-refractivity contribution < 1.29 is 9.66 Å². The first-order chi connectivity index (χ1) is 9.52. The molecule has 0 saturated heterocycles. The van der Waals surface area contributed by atoms with Gasteiger partial charge < -0.3 is 10.5 Å². The zero-order valence-corrected chi connectivity index (χ0v) is 11.4. The van der Waals surface area contributed by atoms with Crippen LogP contribution < -0.4 is 10.5 Å². The summed E-state index contributed by atoms with van der Waals surface area (Å²) >= 11 is 0. The lowest BCUT2D eigenvalue weighted by Crippen LogP contribution is -2.02. The molecule has 20 heavy (non-hydrogen) atoms. The Kier molecular flexibility index (Phi) is 4.00. The quantitative estimate of drug-likeness (QED) is 0.682. The summed E-state index contributed by atoms with van der Waals surface area (Å²) in [6, 6.07) is 10.4. The molecule has 0 aliphatic heterocycles. The third-order valence-corrected chi connectivity index (χ3v) is 3.04. The van der Waals surface area contributed by atoms with E-state index in [4.69, 9.17) is 10.5 Å². The molecule has 0 radical (unpaired) electrons. The molecular formula is C15H16N2O3. The Morgan fingerprint density at radius 1 is 1.25 bits per heavy atom. The molecule has 0 atom stereocenters. The van der Waals surface area contributed by atoms with Crippen molar-refractivity contribution in [3.63, 3.8) is 0 Å². The lowest BCUT2D eigenvalue weighted by Gasteiger charge is -2.12. The lowest BCUT2D eigenvalue weighted by atomic mass is 10.1. The molecule has 2 aromatic rings. The fourth-order valence-corrected chi connectivity index (χ4v) is 1.99. The van der Waals surface area contributed by atoms with Crippen LogP contribution in [-0.4, -0.2) is 4.92 Å². The Hall–Kier alpha value is -2.40. The van der Waals surface area contributed by atoms with E-state index in [9.17, 15) is 10.1 Å². The van der Waals surface area contributed by atoms with E-state index in [-0.39, 0.29) is 11.4 Å². The average molecular weight is 272 g/mol. The van der Waals surface area contributed by atoms with Gasteiger partial charge in [0.1, 0.15) is 5.75 Å². The first-order valence-electron chi connectivity index (χ1n) is 6.24. The van der Waals surface area contributed by atoms with Gasteiger partial charge in [0.25, 0.3) is 0 Å². The smallest absolute Gasteiger partial charge is 0.311 e. The van der Waals surface area contributed by atoms with E-state index < -0.39 is 4.92 Å². The van der Waals surface area contributed by atoms with Crippen molar-refractivity contribution in [3.8, 4) is 11.5 Å². The Balaban J connectivity index is 2.47. The molecule has 0 aromatic heterocycles. The number of aryl methyl sites for hydroxylation is 2. The summed E-state index contributed by atoms with van der Waals surface area (Å²) in [5, 5.41) is 11.1. The summed E-state index contributed by atoms with van der Waals surface area (Å²) in [7, 11) is 0. The highest BCUT2D eigenvalue weighted by atomic mass is 16.6. The fourth-order valence-electron chi connectivity index (χ4n) is 1.99. The third-order valence-electron chi connectivity index (χ3n) is 3.04. The summed E-state index contributed by atoms with van der Waals surface area (Å²) < 4.78 is 5.76. The number of hydrogen-bond donors (Lipinski definition) is 1. The molecule has 0 unspecified atom stereocenters. The van der Waals surface area contributed by atoms with Gasteiger partial charge in [-0.05, 0) is 25.5 Å².